The second-order valence-electron chi connectivity index (χ2n) is 4.93. The van der Waals surface area contributed by atoms with Gasteiger partial charge < -0.3 is 10.1 Å². The van der Waals surface area contributed by atoms with Gasteiger partial charge in [0.15, 0.2) is 0 Å². The van der Waals surface area contributed by atoms with Crippen molar-refractivity contribution >= 4 is 21.8 Å². The number of halogens is 1. The SMILES string of the molecule is CCCCOc1ccc(C(=O)NC(C)CCCBr)cc1. The Kier molecular flexibility index (Phi) is 8.35. The summed E-state index contributed by atoms with van der Waals surface area (Å²) in [4.78, 5) is 12.0. The van der Waals surface area contributed by atoms with Gasteiger partial charge in [-0.1, -0.05) is 29.3 Å². The minimum absolute atomic E-state index is 0.0211. The molecule has 0 bridgehead atoms. The Balaban J connectivity index is 2.44. The molecule has 1 aromatic carbocycles. The second-order valence-corrected chi connectivity index (χ2v) is 5.73. The van der Waals surface area contributed by atoms with E-state index in [-0.39, 0.29) is 11.9 Å². The van der Waals surface area contributed by atoms with E-state index in [4.69, 9.17) is 4.74 Å². The first kappa shape index (κ1) is 17.0. The third-order valence-electron chi connectivity index (χ3n) is 3.03. The Hall–Kier alpha value is -1.03. The monoisotopic (exact) mass is 341 g/mol. The van der Waals surface area contributed by atoms with E-state index in [1.165, 1.54) is 0 Å². The minimum atomic E-state index is -0.0211. The van der Waals surface area contributed by atoms with Crippen LogP contribution in [0.5, 0.6) is 5.75 Å². The Morgan fingerprint density at radius 3 is 2.60 bits per heavy atom. The van der Waals surface area contributed by atoms with E-state index < -0.39 is 0 Å². The molecule has 4 heteroatoms. The summed E-state index contributed by atoms with van der Waals surface area (Å²) in [5.41, 5.74) is 0.679. The van der Waals surface area contributed by atoms with Crippen LogP contribution in [0.3, 0.4) is 0 Å². The number of carbonyl (C=O) groups excluding carboxylic acids is 1. The molecule has 0 aliphatic heterocycles. The highest BCUT2D eigenvalue weighted by molar-refractivity contribution is 9.09. The van der Waals surface area contributed by atoms with Gasteiger partial charge in [0.05, 0.1) is 6.61 Å². The molecule has 0 heterocycles. The summed E-state index contributed by atoms with van der Waals surface area (Å²) in [5.74, 6) is 0.800. The maximum atomic E-state index is 12.0. The molecule has 1 N–H and O–H groups in total. The molecule has 1 atom stereocenters. The molecule has 0 aliphatic rings. The van der Waals surface area contributed by atoms with Crippen molar-refractivity contribution in [2.75, 3.05) is 11.9 Å². The number of nitrogens with one attached hydrogen (secondary N) is 1. The van der Waals surface area contributed by atoms with Crippen LogP contribution in [0.15, 0.2) is 24.3 Å². The average molecular weight is 342 g/mol. The molecular formula is C16H24BrNO2. The molecule has 1 aromatic rings. The number of hydrogen-bond acceptors (Lipinski definition) is 2. The number of carbonyl (C=O) groups is 1. The van der Waals surface area contributed by atoms with Crippen LogP contribution in [0.2, 0.25) is 0 Å². The lowest BCUT2D eigenvalue weighted by Gasteiger charge is -2.13. The van der Waals surface area contributed by atoms with Crippen molar-refractivity contribution in [3.63, 3.8) is 0 Å². The van der Waals surface area contributed by atoms with Crippen LogP contribution in [0, 0.1) is 0 Å². The number of alkyl halides is 1. The quantitative estimate of drug-likeness (QED) is 0.541. The summed E-state index contributed by atoms with van der Waals surface area (Å²) in [6.45, 7) is 4.89. The van der Waals surface area contributed by atoms with Crippen molar-refractivity contribution < 1.29 is 9.53 Å². The number of amides is 1. The van der Waals surface area contributed by atoms with E-state index in [0.717, 1.165) is 43.4 Å². The smallest absolute Gasteiger partial charge is 0.251 e. The summed E-state index contributed by atoms with van der Waals surface area (Å²) in [6.07, 6.45) is 4.21. The van der Waals surface area contributed by atoms with Crippen molar-refractivity contribution in [1.82, 2.24) is 5.32 Å². The first-order valence-electron chi connectivity index (χ1n) is 7.27. The molecule has 0 saturated carbocycles. The van der Waals surface area contributed by atoms with Crippen LogP contribution in [-0.4, -0.2) is 23.9 Å². The van der Waals surface area contributed by atoms with Gasteiger partial charge in [0.25, 0.3) is 5.91 Å². The zero-order valence-electron chi connectivity index (χ0n) is 12.3. The summed E-state index contributed by atoms with van der Waals surface area (Å²) < 4.78 is 5.58. The molecule has 112 valence electrons. The number of ether oxygens (including phenoxy) is 1. The summed E-state index contributed by atoms with van der Waals surface area (Å²) in [7, 11) is 0. The molecule has 1 rings (SSSR count). The van der Waals surface area contributed by atoms with E-state index in [9.17, 15) is 4.79 Å². The summed E-state index contributed by atoms with van der Waals surface area (Å²) in [6, 6.07) is 7.53. The highest BCUT2D eigenvalue weighted by Gasteiger charge is 2.09. The third-order valence-corrected chi connectivity index (χ3v) is 3.59. The van der Waals surface area contributed by atoms with Crippen LogP contribution in [0.1, 0.15) is 49.9 Å². The first-order chi connectivity index (χ1) is 9.67. The fraction of sp³-hybridized carbons (Fsp3) is 0.562. The predicted molar refractivity (Wildman–Crippen MR) is 86.8 cm³/mol. The Labute approximate surface area is 130 Å². The van der Waals surface area contributed by atoms with Gasteiger partial charge in [0.2, 0.25) is 0 Å². The topological polar surface area (TPSA) is 38.3 Å². The number of benzene rings is 1. The average Bonchev–Trinajstić information content (AvgIpc) is 2.46. The summed E-state index contributed by atoms with van der Waals surface area (Å²) >= 11 is 3.40. The molecule has 0 spiro atoms. The largest absolute Gasteiger partial charge is 0.494 e. The van der Waals surface area contributed by atoms with Gasteiger partial charge >= 0.3 is 0 Å². The lowest BCUT2D eigenvalue weighted by atomic mass is 10.1. The maximum Gasteiger partial charge on any atom is 0.251 e. The molecule has 0 radical (unpaired) electrons. The van der Waals surface area contributed by atoms with Gasteiger partial charge in [0, 0.05) is 16.9 Å². The minimum Gasteiger partial charge on any atom is -0.494 e. The van der Waals surface area contributed by atoms with Crippen molar-refractivity contribution in [2.45, 2.75) is 45.6 Å². The van der Waals surface area contributed by atoms with Gasteiger partial charge in [-0.3, -0.25) is 4.79 Å². The highest BCUT2D eigenvalue weighted by Crippen LogP contribution is 2.13. The standard InChI is InChI=1S/C16H24BrNO2/c1-3-4-12-20-15-9-7-14(8-10-15)16(19)18-13(2)6-5-11-17/h7-10,13H,3-6,11-12H2,1-2H3,(H,18,19). The van der Waals surface area contributed by atoms with Crippen molar-refractivity contribution in [3.8, 4) is 5.75 Å². The molecule has 0 saturated heterocycles. The Bertz CT molecular complexity index is 392. The predicted octanol–water partition coefficient (Wildman–Crippen LogP) is 4.16. The molecule has 1 unspecified atom stereocenters. The summed E-state index contributed by atoms with van der Waals surface area (Å²) in [5, 5.41) is 3.97. The normalized spacial score (nSPS) is 11.9. The van der Waals surface area contributed by atoms with Gasteiger partial charge in [-0.25, -0.2) is 0 Å². The molecular weight excluding hydrogens is 318 g/mol. The van der Waals surface area contributed by atoms with Crippen LogP contribution < -0.4 is 10.1 Å². The first-order valence-corrected chi connectivity index (χ1v) is 8.39. The van der Waals surface area contributed by atoms with E-state index in [0.29, 0.717) is 5.56 Å². The Morgan fingerprint density at radius 1 is 1.30 bits per heavy atom. The van der Waals surface area contributed by atoms with Gasteiger partial charge in [-0.15, -0.1) is 0 Å². The number of unbranched alkanes of at least 4 members (excludes halogenated alkanes) is 1. The molecule has 0 aromatic heterocycles. The molecule has 0 aliphatic carbocycles. The lowest BCUT2D eigenvalue weighted by Crippen LogP contribution is -2.32. The van der Waals surface area contributed by atoms with E-state index >= 15 is 0 Å². The van der Waals surface area contributed by atoms with Crippen LogP contribution >= 0.6 is 15.9 Å². The van der Waals surface area contributed by atoms with E-state index in [2.05, 4.69) is 28.2 Å². The van der Waals surface area contributed by atoms with Gasteiger partial charge in [-0.2, -0.15) is 0 Å². The van der Waals surface area contributed by atoms with Gasteiger partial charge in [0.1, 0.15) is 5.75 Å². The fourth-order valence-electron chi connectivity index (χ4n) is 1.80. The third kappa shape index (κ3) is 6.42. The highest BCUT2D eigenvalue weighted by atomic mass is 79.9. The fourth-order valence-corrected chi connectivity index (χ4v) is 2.12. The van der Waals surface area contributed by atoms with E-state index in [1.54, 1.807) is 0 Å². The van der Waals surface area contributed by atoms with Crippen LogP contribution in [0.4, 0.5) is 0 Å². The van der Waals surface area contributed by atoms with Crippen LogP contribution in [-0.2, 0) is 0 Å². The maximum absolute atomic E-state index is 12.0. The molecule has 3 nitrogen and oxygen atoms in total. The number of rotatable bonds is 9. The molecule has 20 heavy (non-hydrogen) atoms. The second kappa shape index (κ2) is 9.81. The molecule has 1 amide bonds. The number of hydrogen-bond donors (Lipinski definition) is 1. The van der Waals surface area contributed by atoms with Crippen molar-refractivity contribution in [3.05, 3.63) is 29.8 Å². The zero-order chi connectivity index (χ0) is 14.8. The zero-order valence-corrected chi connectivity index (χ0v) is 13.9. The Morgan fingerprint density at radius 2 is 2.00 bits per heavy atom. The van der Waals surface area contributed by atoms with Crippen LogP contribution in [0.25, 0.3) is 0 Å². The molecule has 0 fully saturated rings. The lowest BCUT2D eigenvalue weighted by molar-refractivity contribution is 0.0938. The van der Waals surface area contributed by atoms with Crippen molar-refractivity contribution in [1.29, 1.82) is 0 Å². The van der Waals surface area contributed by atoms with E-state index in [1.807, 2.05) is 31.2 Å². The van der Waals surface area contributed by atoms with Crippen molar-refractivity contribution in [2.24, 2.45) is 0 Å². The van der Waals surface area contributed by atoms with Gasteiger partial charge in [-0.05, 0) is 50.5 Å².